The molecule has 1 saturated carbocycles. The molecule has 0 aromatic heterocycles. The van der Waals surface area contributed by atoms with E-state index in [1.54, 1.807) is 6.92 Å². The van der Waals surface area contributed by atoms with Crippen LogP contribution >= 0.6 is 0 Å². The summed E-state index contributed by atoms with van der Waals surface area (Å²) in [6.07, 6.45) is 6.77. The lowest BCUT2D eigenvalue weighted by Crippen LogP contribution is -2.28. The molecule has 0 bridgehead atoms. The summed E-state index contributed by atoms with van der Waals surface area (Å²) in [6.45, 7) is 5.01. The molecule has 0 aliphatic heterocycles. The topological polar surface area (TPSA) is 29.1 Å². The molecule has 98 valence electrons. The molecule has 0 amide bonds. The molecular weight excluding hydrogens is 222 g/mol. The first-order valence-corrected chi connectivity index (χ1v) is 6.94. The van der Waals surface area contributed by atoms with E-state index in [2.05, 4.69) is 12.2 Å². The van der Waals surface area contributed by atoms with Gasteiger partial charge in [-0.1, -0.05) is 26.2 Å². The Morgan fingerprint density at radius 1 is 1.17 bits per heavy atom. The first-order chi connectivity index (χ1) is 8.59. The van der Waals surface area contributed by atoms with Crippen LogP contribution in [-0.4, -0.2) is 12.3 Å². The molecule has 0 spiro atoms. The highest BCUT2D eigenvalue weighted by Gasteiger charge is 2.26. The van der Waals surface area contributed by atoms with E-state index in [-0.39, 0.29) is 5.78 Å². The van der Waals surface area contributed by atoms with Crippen LogP contribution in [0.25, 0.3) is 0 Å². The quantitative estimate of drug-likeness (QED) is 0.802. The number of hydrogen-bond donors (Lipinski definition) is 1. The SMILES string of the molecule is CC(=O)c1ccc(NCC2(C)CCCCC2)cc1. The van der Waals surface area contributed by atoms with Gasteiger partial charge in [-0.05, 0) is 49.4 Å². The molecule has 1 aromatic rings. The Labute approximate surface area is 110 Å². The molecule has 1 aromatic carbocycles. The van der Waals surface area contributed by atoms with E-state index >= 15 is 0 Å². The average molecular weight is 245 g/mol. The third-order valence-electron chi connectivity index (χ3n) is 4.07. The van der Waals surface area contributed by atoms with Crippen molar-refractivity contribution in [1.29, 1.82) is 0 Å². The van der Waals surface area contributed by atoms with Gasteiger partial charge < -0.3 is 5.32 Å². The highest BCUT2D eigenvalue weighted by atomic mass is 16.1. The van der Waals surface area contributed by atoms with Crippen molar-refractivity contribution < 1.29 is 4.79 Å². The summed E-state index contributed by atoms with van der Waals surface area (Å²) in [6, 6.07) is 7.80. The first-order valence-electron chi connectivity index (χ1n) is 6.94. The van der Waals surface area contributed by atoms with E-state index in [4.69, 9.17) is 0 Å². The maximum Gasteiger partial charge on any atom is 0.159 e. The van der Waals surface area contributed by atoms with Crippen molar-refractivity contribution in [3.8, 4) is 0 Å². The van der Waals surface area contributed by atoms with Crippen molar-refractivity contribution in [3.05, 3.63) is 29.8 Å². The lowest BCUT2D eigenvalue weighted by atomic mass is 9.76. The van der Waals surface area contributed by atoms with Crippen molar-refractivity contribution in [2.75, 3.05) is 11.9 Å². The smallest absolute Gasteiger partial charge is 0.159 e. The van der Waals surface area contributed by atoms with Crippen molar-refractivity contribution in [2.45, 2.75) is 46.0 Å². The summed E-state index contributed by atoms with van der Waals surface area (Å²) in [5.41, 5.74) is 2.34. The van der Waals surface area contributed by atoms with Gasteiger partial charge in [-0.25, -0.2) is 0 Å². The third-order valence-corrected chi connectivity index (χ3v) is 4.07. The highest BCUT2D eigenvalue weighted by Crippen LogP contribution is 2.35. The van der Waals surface area contributed by atoms with Crippen LogP contribution in [-0.2, 0) is 0 Å². The molecule has 0 unspecified atom stereocenters. The van der Waals surface area contributed by atoms with Crippen LogP contribution < -0.4 is 5.32 Å². The van der Waals surface area contributed by atoms with Gasteiger partial charge in [-0.3, -0.25) is 4.79 Å². The summed E-state index contributed by atoms with van der Waals surface area (Å²) in [5, 5.41) is 3.51. The zero-order valence-electron chi connectivity index (χ0n) is 11.5. The predicted octanol–water partition coefficient (Wildman–Crippen LogP) is 4.27. The van der Waals surface area contributed by atoms with Gasteiger partial charge in [-0.2, -0.15) is 0 Å². The Kier molecular flexibility index (Phi) is 4.05. The summed E-state index contributed by atoms with van der Waals surface area (Å²) >= 11 is 0. The minimum atomic E-state index is 0.126. The minimum Gasteiger partial charge on any atom is -0.384 e. The van der Waals surface area contributed by atoms with Crippen LogP contribution in [0.5, 0.6) is 0 Å². The summed E-state index contributed by atoms with van der Waals surface area (Å²) < 4.78 is 0. The molecule has 0 radical (unpaired) electrons. The number of ketones is 1. The third kappa shape index (κ3) is 3.34. The number of rotatable bonds is 4. The maximum absolute atomic E-state index is 11.2. The Bertz CT molecular complexity index is 402. The highest BCUT2D eigenvalue weighted by molar-refractivity contribution is 5.94. The summed E-state index contributed by atoms with van der Waals surface area (Å²) in [4.78, 5) is 11.2. The van der Waals surface area contributed by atoms with E-state index in [9.17, 15) is 4.79 Å². The van der Waals surface area contributed by atoms with Gasteiger partial charge in [0.25, 0.3) is 0 Å². The second kappa shape index (κ2) is 5.55. The monoisotopic (exact) mass is 245 g/mol. The van der Waals surface area contributed by atoms with Crippen LogP contribution in [0, 0.1) is 5.41 Å². The van der Waals surface area contributed by atoms with Gasteiger partial charge in [0.05, 0.1) is 0 Å². The maximum atomic E-state index is 11.2. The van der Waals surface area contributed by atoms with Gasteiger partial charge >= 0.3 is 0 Å². The second-order valence-electron chi connectivity index (χ2n) is 5.86. The van der Waals surface area contributed by atoms with E-state index in [0.29, 0.717) is 5.41 Å². The van der Waals surface area contributed by atoms with Gasteiger partial charge in [0, 0.05) is 17.8 Å². The second-order valence-corrected chi connectivity index (χ2v) is 5.86. The molecule has 2 heteroatoms. The van der Waals surface area contributed by atoms with Crippen molar-refractivity contribution in [2.24, 2.45) is 5.41 Å². The molecule has 1 aliphatic carbocycles. The van der Waals surface area contributed by atoms with Crippen molar-refractivity contribution in [3.63, 3.8) is 0 Å². The average Bonchev–Trinajstić information content (AvgIpc) is 2.38. The Balaban J connectivity index is 1.91. The van der Waals surface area contributed by atoms with Crippen molar-refractivity contribution in [1.82, 2.24) is 0 Å². The fourth-order valence-corrected chi connectivity index (χ4v) is 2.72. The first kappa shape index (κ1) is 13.1. The zero-order valence-corrected chi connectivity index (χ0v) is 11.5. The molecule has 2 nitrogen and oxygen atoms in total. The normalized spacial score (nSPS) is 18.3. The largest absolute Gasteiger partial charge is 0.384 e. The fourth-order valence-electron chi connectivity index (χ4n) is 2.72. The molecule has 2 rings (SSSR count). The number of nitrogens with one attached hydrogen (secondary N) is 1. The van der Waals surface area contributed by atoms with Crippen LogP contribution in [0.3, 0.4) is 0 Å². The van der Waals surface area contributed by atoms with Crippen LogP contribution in [0.4, 0.5) is 5.69 Å². The Morgan fingerprint density at radius 2 is 1.78 bits per heavy atom. The van der Waals surface area contributed by atoms with Crippen LogP contribution in [0.2, 0.25) is 0 Å². The number of hydrogen-bond acceptors (Lipinski definition) is 2. The predicted molar refractivity (Wildman–Crippen MR) is 76.1 cm³/mol. The Hall–Kier alpha value is -1.31. The van der Waals surface area contributed by atoms with E-state index in [1.165, 1.54) is 32.1 Å². The minimum absolute atomic E-state index is 0.126. The zero-order chi connectivity index (χ0) is 13.0. The molecule has 1 aliphatic rings. The molecule has 0 atom stereocenters. The molecular formula is C16H23NO. The summed E-state index contributed by atoms with van der Waals surface area (Å²) in [7, 11) is 0. The van der Waals surface area contributed by atoms with E-state index in [1.807, 2.05) is 24.3 Å². The molecule has 1 N–H and O–H groups in total. The standard InChI is InChI=1S/C16H23NO/c1-13(18)14-6-8-15(9-7-14)17-12-16(2)10-4-3-5-11-16/h6-9,17H,3-5,10-12H2,1-2H3. The Morgan fingerprint density at radius 3 is 2.33 bits per heavy atom. The molecule has 18 heavy (non-hydrogen) atoms. The summed E-state index contributed by atoms with van der Waals surface area (Å²) in [5.74, 6) is 0.126. The lowest BCUT2D eigenvalue weighted by molar-refractivity contribution is 0.101. The number of carbonyl (C=O) groups is 1. The lowest BCUT2D eigenvalue weighted by Gasteiger charge is -2.34. The fraction of sp³-hybridized carbons (Fsp3) is 0.562. The van der Waals surface area contributed by atoms with Gasteiger partial charge in [0.15, 0.2) is 5.78 Å². The number of anilines is 1. The number of benzene rings is 1. The van der Waals surface area contributed by atoms with E-state index in [0.717, 1.165) is 17.8 Å². The molecule has 1 fully saturated rings. The van der Waals surface area contributed by atoms with Gasteiger partial charge in [0.1, 0.15) is 0 Å². The molecule has 0 heterocycles. The van der Waals surface area contributed by atoms with Gasteiger partial charge in [0.2, 0.25) is 0 Å². The van der Waals surface area contributed by atoms with Crippen LogP contribution in [0.15, 0.2) is 24.3 Å². The van der Waals surface area contributed by atoms with Crippen molar-refractivity contribution >= 4 is 11.5 Å². The number of carbonyl (C=O) groups excluding carboxylic acids is 1. The molecule has 0 saturated heterocycles. The van der Waals surface area contributed by atoms with E-state index < -0.39 is 0 Å². The van der Waals surface area contributed by atoms with Crippen LogP contribution in [0.1, 0.15) is 56.3 Å². The number of Topliss-reactive ketones (excluding diaryl/α,β-unsaturated/α-hetero) is 1. The van der Waals surface area contributed by atoms with Gasteiger partial charge in [-0.15, -0.1) is 0 Å².